The number of rotatable bonds is 3. The zero-order valence-corrected chi connectivity index (χ0v) is 13.9. The summed E-state index contributed by atoms with van der Waals surface area (Å²) in [4.78, 5) is 0. The number of para-hydroxylation sites is 1. The first-order valence-corrected chi connectivity index (χ1v) is 8.88. The Morgan fingerprint density at radius 1 is 1.12 bits per heavy atom. The zero-order chi connectivity index (χ0) is 16.7. The highest BCUT2D eigenvalue weighted by Gasteiger charge is 2.28. The van der Waals surface area contributed by atoms with Crippen molar-refractivity contribution < 1.29 is 9.50 Å². The lowest BCUT2D eigenvalue weighted by molar-refractivity contribution is 0.404. The summed E-state index contributed by atoms with van der Waals surface area (Å²) in [5, 5.41) is 19.6. The molecule has 1 N–H and O–H groups in total. The summed E-state index contributed by atoms with van der Waals surface area (Å²) in [6.07, 6.45) is 0. The van der Waals surface area contributed by atoms with Gasteiger partial charge in [-0.05, 0) is 25.1 Å². The van der Waals surface area contributed by atoms with Crippen LogP contribution in [0.25, 0.3) is 10.9 Å². The van der Waals surface area contributed by atoms with E-state index < -0.39 is 0 Å². The van der Waals surface area contributed by atoms with Crippen LogP contribution >= 0.6 is 11.8 Å². The summed E-state index contributed by atoms with van der Waals surface area (Å²) in [6, 6.07) is 12.5. The molecule has 1 fully saturated rings. The van der Waals surface area contributed by atoms with E-state index in [2.05, 4.69) is 10.2 Å². The van der Waals surface area contributed by atoms with Crippen LogP contribution in [-0.4, -0.2) is 21.2 Å². The summed E-state index contributed by atoms with van der Waals surface area (Å²) in [7, 11) is 0. The second kappa shape index (κ2) is 5.94. The molecule has 0 radical (unpaired) electrons. The molecule has 0 saturated carbocycles. The fourth-order valence-corrected chi connectivity index (χ4v) is 3.58. The first-order chi connectivity index (χ1) is 11.6. The molecule has 1 aromatic heterocycles. The van der Waals surface area contributed by atoms with Crippen LogP contribution in [0.2, 0.25) is 0 Å². The van der Waals surface area contributed by atoms with Crippen LogP contribution in [0.4, 0.5) is 15.8 Å². The van der Waals surface area contributed by atoms with Gasteiger partial charge in [0.2, 0.25) is 5.88 Å². The first-order valence-electron chi connectivity index (χ1n) is 7.72. The number of hydrogen-bond acceptors (Lipinski definition) is 4. The van der Waals surface area contributed by atoms with Crippen LogP contribution in [-0.2, 0) is 0 Å². The molecule has 2 aromatic carbocycles. The average molecular weight is 341 g/mol. The summed E-state index contributed by atoms with van der Waals surface area (Å²) < 4.78 is 16.0. The number of halogens is 1. The van der Waals surface area contributed by atoms with Crippen LogP contribution in [0.1, 0.15) is 11.6 Å². The van der Waals surface area contributed by atoms with Gasteiger partial charge in [0.15, 0.2) is 5.69 Å². The number of thioether (sulfide) groups is 1. The lowest BCUT2D eigenvalue weighted by Gasteiger charge is -2.27. The Balaban J connectivity index is 1.84. The van der Waals surface area contributed by atoms with E-state index in [9.17, 15) is 9.50 Å². The molecule has 2 heterocycles. The van der Waals surface area contributed by atoms with Crippen LogP contribution in [0.15, 0.2) is 52.7 Å². The number of aromatic hydroxyl groups is 1. The minimum Gasteiger partial charge on any atom is -0.493 e. The number of hydrogen-bond donors (Lipinski definition) is 1. The second-order valence-electron chi connectivity index (χ2n) is 5.91. The van der Waals surface area contributed by atoms with E-state index >= 15 is 0 Å². The minimum absolute atomic E-state index is 0.0174. The molecule has 1 aliphatic heterocycles. The number of aryl methyl sites for hydroxylation is 1. The Hall–Kier alpha value is -2.34. The Morgan fingerprint density at radius 2 is 1.88 bits per heavy atom. The molecule has 122 valence electrons. The molecular formula is C18H16FN3OS. The summed E-state index contributed by atoms with van der Waals surface area (Å²) in [5.41, 5.74) is 2.55. The van der Waals surface area contributed by atoms with E-state index in [-0.39, 0.29) is 17.7 Å². The number of fused-ring (bicyclic) bond motifs is 1. The Bertz CT molecular complexity index is 930. The Kier molecular flexibility index (Phi) is 3.76. The minimum atomic E-state index is -0.350. The van der Waals surface area contributed by atoms with Crippen molar-refractivity contribution in [3.63, 3.8) is 0 Å². The first kappa shape index (κ1) is 15.2. The maximum absolute atomic E-state index is 14.4. The van der Waals surface area contributed by atoms with Crippen LogP contribution < -0.4 is 0 Å². The van der Waals surface area contributed by atoms with E-state index in [1.54, 1.807) is 28.5 Å². The van der Waals surface area contributed by atoms with Gasteiger partial charge in [0.1, 0.15) is 5.82 Å². The molecule has 0 bridgehead atoms. The fourth-order valence-electron chi connectivity index (χ4n) is 2.84. The monoisotopic (exact) mass is 341 g/mol. The predicted octanol–water partition coefficient (Wildman–Crippen LogP) is 5.50. The molecule has 0 spiro atoms. The third kappa shape index (κ3) is 2.47. The summed E-state index contributed by atoms with van der Waals surface area (Å²) in [5.74, 6) is 1.35. The summed E-state index contributed by atoms with van der Waals surface area (Å²) >= 11 is 1.78. The number of aromatic nitrogens is 1. The highest BCUT2D eigenvalue weighted by atomic mass is 32.2. The number of nitrogens with zero attached hydrogens (tertiary/aromatic N) is 3. The molecular weight excluding hydrogens is 325 g/mol. The van der Waals surface area contributed by atoms with Gasteiger partial charge in [-0.2, -0.15) is 16.9 Å². The largest absolute Gasteiger partial charge is 0.493 e. The Morgan fingerprint density at radius 3 is 2.54 bits per heavy atom. The highest BCUT2D eigenvalue weighted by molar-refractivity contribution is 8.00. The maximum Gasteiger partial charge on any atom is 0.221 e. The van der Waals surface area contributed by atoms with Crippen LogP contribution in [0, 0.1) is 12.7 Å². The van der Waals surface area contributed by atoms with Crippen LogP contribution in [0.5, 0.6) is 5.88 Å². The van der Waals surface area contributed by atoms with E-state index in [1.165, 1.54) is 6.07 Å². The van der Waals surface area contributed by atoms with Crippen LogP contribution in [0.3, 0.4) is 0 Å². The average Bonchev–Trinajstić information content (AvgIpc) is 2.79. The second-order valence-corrected chi connectivity index (χ2v) is 6.98. The van der Waals surface area contributed by atoms with Gasteiger partial charge in [-0.15, -0.1) is 5.11 Å². The van der Waals surface area contributed by atoms with Crippen molar-refractivity contribution in [2.24, 2.45) is 10.2 Å². The zero-order valence-electron chi connectivity index (χ0n) is 13.1. The van der Waals surface area contributed by atoms with Crippen molar-refractivity contribution in [2.75, 3.05) is 11.5 Å². The number of benzene rings is 2. The fraction of sp³-hybridized carbons (Fsp3) is 0.222. The molecule has 24 heavy (non-hydrogen) atoms. The molecule has 0 atom stereocenters. The van der Waals surface area contributed by atoms with Gasteiger partial charge >= 0.3 is 0 Å². The molecule has 0 amide bonds. The maximum atomic E-state index is 14.4. The van der Waals surface area contributed by atoms with E-state index in [4.69, 9.17) is 0 Å². The van der Waals surface area contributed by atoms with E-state index in [0.29, 0.717) is 22.3 Å². The van der Waals surface area contributed by atoms with Gasteiger partial charge in [0, 0.05) is 16.9 Å². The van der Waals surface area contributed by atoms with Crippen molar-refractivity contribution in [1.29, 1.82) is 0 Å². The predicted molar refractivity (Wildman–Crippen MR) is 95.3 cm³/mol. The van der Waals surface area contributed by atoms with E-state index in [0.717, 1.165) is 17.1 Å². The number of azo groups is 1. The van der Waals surface area contributed by atoms with E-state index in [1.807, 2.05) is 31.2 Å². The third-order valence-electron chi connectivity index (χ3n) is 4.21. The van der Waals surface area contributed by atoms with Gasteiger partial charge in [0.25, 0.3) is 0 Å². The lowest BCUT2D eigenvalue weighted by Crippen LogP contribution is -2.22. The standard InChI is InChI=1S/C18H16FN3OS/c1-11-5-7-12(8-6-11)20-21-16-14-3-2-4-15(19)17(14)22(18(16)23)13-9-24-10-13/h2-8,13,23H,9-10H2,1H3. The molecule has 1 saturated heterocycles. The van der Waals surface area contributed by atoms with Gasteiger partial charge in [-0.3, -0.25) is 0 Å². The molecule has 3 aromatic rings. The normalized spacial score (nSPS) is 15.2. The lowest BCUT2D eigenvalue weighted by atomic mass is 10.2. The quantitative estimate of drug-likeness (QED) is 0.640. The smallest absolute Gasteiger partial charge is 0.221 e. The van der Waals surface area contributed by atoms with Gasteiger partial charge in [-0.25, -0.2) is 4.39 Å². The highest BCUT2D eigenvalue weighted by Crippen LogP contribution is 2.45. The third-order valence-corrected chi connectivity index (χ3v) is 5.45. The van der Waals surface area contributed by atoms with Crippen molar-refractivity contribution >= 4 is 34.0 Å². The topological polar surface area (TPSA) is 49.9 Å². The van der Waals surface area contributed by atoms with Crippen molar-refractivity contribution in [2.45, 2.75) is 13.0 Å². The SMILES string of the molecule is Cc1ccc(N=Nc2c(O)n(C3CSC3)c3c(F)cccc23)cc1. The van der Waals surface area contributed by atoms with Gasteiger partial charge in [0.05, 0.1) is 17.2 Å². The Labute approximate surface area is 143 Å². The van der Waals surface area contributed by atoms with Crippen molar-refractivity contribution in [3.8, 4) is 5.88 Å². The summed E-state index contributed by atoms with van der Waals surface area (Å²) in [6.45, 7) is 2.00. The molecule has 4 nitrogen and oxygen atoms in total. The van der Waals surface area contributed by atoms with Crippen molar-refractivity contribution in [3.05, 3.63) is 53.8 Å². The van der Waals surface area contributed by atoms with Crippen molar-refractivity contribution in [1.82, 2.24) is 4.57 Å². The van der Waals surface area contributed by atoms with Gasteiger partial charge < -0.3 is 9.67 Å². The molecule has 0 unspecified atom stereocenters. The molecule has 1 aliphatic rings. The molecule has 0 aliphatic carbocycles. The molecule has 6 heteroatoms. The molecule has 4 rings (SSSR count). The van der Waals surface area contributed by atoms with Gasteiger partial charge in [-0.1, -0.05) is 29.8 Å².